The van der Waals surface area contributed by atoms with Crippen LogP contribution >= 0.6 is 11.8 Å². The average molecular weight is 231 g/mol. The molecule has 0 aromatic carbocycles. The fraction of sp³-hybridized carbons (Fsp3) is 0.909. The lowest BCUT2D eigenvalue weighted by molar-refractivity contribution is -0.142. The zero-order valence-corrected chi connectivity index (χ0v) is 10.8. The van der Waals surface area contributed by atoms with E-state index in [1.165, 1.54) is 7.11 Å². The van der Waals surface area contributed by atoms with Crippen LogP contribution in [0, 0.1) is 0 Å². The van der Waals surface area contributed by atoms with Crippen LogP contribution in [0.15, 0.2) is 0 Å². The van der Waals surface area contributed by atoms with Gasteiger partial charge in [-0.05, 0) is 13.8 Å². The number of rotatable bonds is 3. The number of thioether (sulfide) groups is 1. The smallest absolute Gasteiger partial charge is 0.307 e. The van der Waals surface area contributed by atoms with E-state index >= 15 is 0 Å². The molecule has 0 bridgehead atoms. The maximum atomic E-state index is 11.2. The maximum absolute atomic E-state index is 11.2. The Morgan fingerprint density at radius 2 is 2.27 bits per heavy atom. The largest absolute Gasteiger partial charge is 0.469 e. The molecule has 0 aromatic heterocycles. The summed E-state index contributed by atoms with van der Waals surface area (Å²) in [5.74, 6) is 1.05. The van der Waals surface area contributed by atoms with E-state index in [1.807, 2.05) is 11.8 Å². The van der Waals surface area contributed by atoms with E-state index in [-0.39, 0.29) is 12.0 Å². The van der Waals surface area contributed by atoms with Crippen molar-refractivity contribution < 1.29 is 9.53 Å². The van der Waals surface area contributed by atoms with Gasteiger partial charge in [-0.25, -0.2) is 0 Å². The lowest BCUT2D eigenvalue weighted by atomic mass is 10.1. The molecule has 0 radical (unpaired) electrons. The van der Waals surface area contributed by atoms with E-state index in [0.717, 1.165) is 12.3 Å². The van der Waals surface area contributed by atoms with Crippen LogP contribution in [0.25, 0.3) is 0 Å². The number of nitrogens with zero attached hydrogens (tertiary/aromatic N) is 1. The van der Waals surface area contributed by atoms with Crippen molar-refractivity contribution in [2.45, 2.75) is 44.5 Å². The van der Waals surface area contributed by atoms with Crippen LogP contribution in [0.5, 0.6) is 0 Å². The highest BCUT2D eigenvalue weighted by atomic mass is 32.2. The molecule has 1 saturated heterocycles. The highest BCUT2D eigenvalue weighted by Gasteiger charge is 2.29. The Morgan fingerprint density at radius 1 is 1.60 bits per heavy atom. The summed E-state index contributed by atoms with van der Waals surface area (Å²) in [7, 11) is 1.45. The lowest BCUT2D eigenvalue weighted by Crippen LogP contribution is -2.49. The van der Waals surface area contributed by atoms with Crippen molar-refractivity contribution in [1.82, 2.24) is 4.90 Å². The minimum absolute atomic E-state index is 0.111. The summed E-state index contributed by atoms with van der Waals surface area (Å²) in [4.78, 5) is 13.6. The summed E-state index contributed by atoms with van der Waals surface area (Å²) in [5.41, 5.74) is 0. The van der Waals surface area contributed by atoms with Gasteiger partial charge >= 0.3 is 5.97 Å². The number of methoxy groups -OCH3 is 1. The first-order valence-corrected chi connectivity index (χ1v) is 6.55. The zero-order chi connectivity index (χ0) is 11.4. The monoisotopic (exact) mass is 231 g/mol. The second-order valence-electron chi connectivity index (χ2n) is 4.18. The van der Waals surface area contributed by atoms with Crippen LogP contribution in [0.2, 0.25) is 0 Å². The molecule has 1 aliphatic rings. The molecular weight excluding hydrogens is 210 g/mol. The van der Waals surface area contributed by atoms with Crippen LogP contribution in [-0.2, 0) is 9.53 Å². The number of hydrogen-bond acceptors (Lipinski definition) is 4. The van der Waals surface area contributed by atoms with Crippen LogP contribution in [0.3, 0.4) is 0 Å². The number of hydrogen-bond donors (Lipinski definition) is 0. The summed E-state index contributed by atoms with van der Waals surface area (Å²) < 4.78 is 4.70. The van der Waals surface area contributed by atoms with Gasteiger partial charge in [-0.15, -0.1) is 0 Å². The molecule has 1 fully saturated rings. The summed E-state index contributed by atoms with van der Waals surface area (Å²) in [6.07, 6.45) is 0.498. The molecule has 3 nitrogen and oxygen atoms in total. The Kier molecular flexibility index (Phi) is 4.93. The minimum atomic E-state index is -0.111. The molecule has 1 heterocycles. The molecule has 0 aromatic rings. The summed E-state index contributed by atoms with van der Waals surface area (Å²) in [6, 6.07) is 0.833. The van der Waals surface area contributed by atoms with Crippen molar-refractivity contribution in [3.05, 3.63) is 0 Å². The molecule has 15 heavy (non-hydrogen) atoms. The predicted octanol–water partition coefficient (Wildman–Crippen LogP) is 1.76. The lowest BCUT2D eigenvalue weighted by Gasteiger charge is -2.41. The third kappa shape index (κ3) is 3.38. The molecule has 3 atom stereocenters. The number of carbonyl (C=O) groups excluding carboxylic acids is 1. The van der Waals surface area contributed by atoms with E-state index in [0.29, 0.717) is 17.7 Å². The van der Waals surface area contributed by atoms with Gasteiger partial charge in [0.2, 0.25) is 0 Å². The van der Waals surface area contributed by atoms with E-state index < -0.39 is 0 Å². The predicted molar refractivity (Wildman–Crippen MR) is 64.2 cm³/mol. The van der Waals surface area contributed by atoms with Gasteiger partial charge in [0.25, 0.3) is 0 Å². The minimum Gasteiger partial charge on any atom is -0.469 e. The Hall–Kier alpha value is -0.220. The van der Waals surface area contributed by atoms with Crippen LogP contribution in [0.4, 0.5) is 0 Å². The van der Waals surface area contributed by atoms with Gasteiger partial charge in [-0.1, -0.05) is 6.92 Å². The zero-order valence-electron chi connectivity index (χ0n) is 10.0. The second-order valence-corrected chi connectivity index (χ2v) is 5.67. The highest BCUT2D eigenvalue weighted by molar-refractivity contribution is 8.00. The Labute approximate surface area is 96.5 Å². The Balaban J connectivity index is 2.50. The number of esters is 1. The Bertz CT molecular complexity index is 223. The van der Waals surface area contributed by atoms with Crippen molar-refractivity contribution in [2.24, 2.45) is 0 Å². The molecule has 4 heteroatoms. The van der Waals surface area contributed by atoms with Crippen LogP contribution in [-0.4, -0.2) is 47.6 Å². The number of ether oxygens (including phenoxy) is 1. The number of carbonyl (C=O) groups is 1. The molecule has 1 aliphatic heterocycles. The summed E-state index contributed by atoms with van der Waals surface area (Å²) in [5, 5.41) is 0.652. The normalized spacial score (nSPS) is 29.9. The van der Waals surface area contributed by atoms with Gasteiger partial charge in [-0.3, -0.25) is 9.69 Å². The third-order valence-electron chi connectivity index (χ3n) is 3.19. The highest BCUT2D eigenvalue weighted by Crippen LogP contribution is 2.26. The third-order valence-corrected chi connectivity index (χ3v) is 4.53. The standard InChI is InChI=1S/C11H21NO2S/c1-8(7-11(13)14-4)12-5-6-15-10(3)9(12)2/h8-10H,5-7H2,1-4H3. The van der Waals surface area contributed by atoms with E-state index in [2.05, 4.69) is 25.7 Å². The van der Waals surface area contributed by atoms with Crippen molar-refractivity contribution in [3.8, 4) is 0 Å². The van der Waals surface area contributed by atoms with Gasteiger partial charge < -0.3 is 4.74 Å². The average Bonchev–Trinajstić information content (AvgIpc) is 2.21. The quantitative estimate of drug-likeness (QED) is 0.692. The molecule has 3 unspecified atom stereocenters. The molecular formula is C11H21NO2S. The van der Waals surface area contributed by atoms with Crippen LogP contribution in [0.1, 0.15) is 27.2 Å². The Morgan fingerprint density at radius 3 is 2.87 bits per heavy atom. The van der Waals surface area contributed by atoms with E-state index in [9.17, 15) is 4.79 Å². The first kappa shape index (κ1) is 12.8. The van der Waals surface area contributed by atoms with Crippen molar-refractivity contribution >= 4 is 17.7 Å². The summed E-state index contributed by atoms with van der Waals surface area (Å²) in [6.45, 7) is 7.68. The fourth-order valence-electron chi connectivity index (χ4n) is 2.02. The first-order chi connectivity index (χ1) is 7.06. The molecule has 1 rings (SSSR count). The van der Waals surface area contributed by atoms with E-state index in [1.54, 1.807) is 0 Å². The van der Waals surface area contributed by atoms with Gasteiger partial charge in [0.15, 0.2) is 0 Å². The van der Waals surface area contributed by atoms with E-state index in [4.69, 9.17) is 4.74 Å². The topological polar surface area (TPSA) is 29.5 Å². The molecule has 0 spiro atoms. The van der Waals surface area contributed by atoms with Crippen LogP contribution < -0.4 is 0 Å². The fourth-order valence-corrected chi connectivity index (χ4v) is 3.14. The maximum Gasteiger partial charge on any atom is 0.307 e. The molecule has 0 amide bonds. The van der Waals surface area contributed by atoms with Gasteiger partial charge in [0, 0.05) is 29.6 Å². The molecule has 0 saturated carbocycles. The van der Waals surface area contributed by atoms with Crippen molar-refractivity contribution in [2.75, 3.05) is 19.4 Å². The summed E-state index contributed by atoms with van der Waals surface area (Å²) >= 11 is 2.01. The second kappa shape index (κ2) is 5.75. The van der Waals surface area contributed by atoms with Gasteiger partial charge in [0.05, 0.1) is 13.5 Å². The van der Waals surface area contributed by atoms with Crippen molar-refractivity contribution in [3.63, 3.8) is 0 Å². The molecule has 88 valence electrons. The van der Waals surface area contributed by atoms with Gasteiger partial charge in [0.1, 0.15) is 0 Å². The first-order valence-electron chi connectivity index (χ1n) is 5.50. The SMILES string of the molecule is COC(=O)CC(C)N1CCSC(C)C1C. The van der Waals surface area contributed by atoms with Gasteiger partial charge in [-0.2, -0.15) is 11.8 Å². The molecule has 0 N–H and O–H groups in total. The van der Waals surface area contributed by atoms with Crippen molar-refractivity contribution in [1.29, 1.82) is 0 Å². The molecule has 0 aliphatic carbocycles.